The molecule has 6 heteroatoms. The molecule has 2 rings (SSSR count). The predicted octanol–water partition coefficient (Wildman–Crippen LogP) is 1.40. The van der Waals surface area contributed by atoms with Gasteiger partial charge in [0.25, 0.3) is 0 Å². The predicted molar refractivity (Wildman–Crippen MR) is 79.9 cm³/mol. The highest BCUT2D eigenvalue weighted by atomic mass is 35.5. The molecule has 0 radical (unpaired) electrons. The number of halogens is 1. The Balaban J connectivity index is 0.00000200. The number of aromatic nitrogens is 1. The number of pyridine rings is 1. The summed E-state index contributed by atoms with van der Waals surface area (Å²) >= 11 is 0. The Hall–Kier alpha value is -1.17. The van der Waals surface area contributed by atoms with Gasteiger partial charge in [0.05, 0.1) is 25.2 Å². The average molecular weight is 300 g/mol. The highest BCUT2D eigenvalue weighted by molar-refractivity contribution is 5.85. The summed E-state index contributed by atoms with van der Waals surface area (Å²) in [6.45, 7) is 4.33. The summed E-state index contributed by atoms with van der Waals surface area (Å²) in [5.74, 6) is 0.109. The number of nitrogens with zero attached hydrogens (tertiary/aromatic N) is 2. The van der Waals surface area contributed by atoms with E-state index in [-0.39, 0.29) is 30.5 Å². The molecule has 20 heavy (non-hydrogen) atoms. The SMILES string of the molecule is CC(c1ccncc1)N(C)C(=O)CC1CNCCO1.Cl. The Morgan fingerprint density at radius 3 is 2.85 bits per heavy atom. The molecule has 112 valence electrons. The van der Waals surface area contributed by atoms with E-state index in [4.69, 9.17) is 4.74 Å². The zero-order chi connectivity index (χ0) is 13.7. The number of ether oxygens (including phenoxy) is 1. The fourth-order valence-electron chi connectivity index (χ4n) is 2.17. The van der Waals surface area contributed by atoms with Crippen LogP contribution in [0.1, 0.15) is 24.9 Å². The normalized spacial score (nSPS) is 19.8. The number of nitrogens with one attached hydrogen (secondary N) is 1. The van der Waals surface area contributed by atoms with Gasteiger partial charge in [-0.3, -0.25) is 9.78 Å². The van der Waals surface area contributed by atoms with E-state index < -0.39 is 0 Å². The first-order valence-corrected chi connectivity index (χ1v) is 6.66. The summed E-state index contributed by atoms with van der Waals surface area (Å²) in [7, 11) is 1.84. The zero-order valence-electron chi connectivity index (χ0n) is 11.9. The van der Waals surface area contributed by atoms with Crippen LogP contribution in [0.4, 0.5) is 0 Å². The molecule has 1 N–H and O–H groups in total. The van der Waals surface area contributed by atoms with E-state index in [1.807, 2.05) is 26.1 Å². The van der Waals surface area contributed by atoms with E-state index in [9.17, 15) is 4.79 Å². The summed E-state index contributed by atoms with van der Waals surface area (Å²) in [5, 5.41) is 3.24. The molecule has 2 unspecified atom stereocenters. The van der Waals surface area contributed by atoms with Crippen LogP contribution in [0.15, 0.2) is 24.5 Å². The maximum Gasteiger partial charge on any atom is 0.225 e. The van der Waals surface area contributed by atoms with Gasteiger partial charge in [0.2, 0.25) is 5.91 Å². The molecule has 0 aliphatic carbocycles. The van der Waals surface area contributed by atoms with E-state index in [1.54, 1.807) is 17.3 Å². The van der Waals surface area contributed by atoms with Gasteiger partial charge in [-0.2, -0.15) is 0 Å². The molecule has 0 saturated carbocycles. The van der Waals surface area contributed by atoms with Crippen LogP contribution in [0.5, 0.6) is 0 Å². The quantitative estimate of drug-likeness (QED) is 0.913. The molecule has 1 fully saturated rings. The summed E-state index contributed by atoms with van der Waals surface area (Å²) < 4.78 is 5.56. The Morgan fingerprint density at radius 2 is 2.25 bits per heavy atom. The topological polar surface area (TPSA) is 54.5 Å². The Morgan fingerprint density at radius 1 is 1.55 bits per heavy atom. The van der Waals surface area contributed by atoms with Gasteiger partial charge in [0.15, 0.2) is 0 Å². The fourth-order valence-corrected chi connectivity index (χ4v) is 2.17. The molecule has 1 aromatic heterocycles. The second-order valence-electron chi connectivity index (χ2n) is 4.86. The molecule has 1 saturated heterocycles. The van der Waals surface area contributed by atoms with E-state index in [0.717, 1.165) is 18.7 Å². The molecule has 5 nitrogen and oxygen atoms in total. The van der Waals surface area contributed by atoms with Crippen LogP contribution in [0.2, 0.25) is 0 Å². The lowest BCUT2D eigenvalue weighted by Crippen LogP contribution is -2.42. The highest BCUT2D eigenvalue weighted by Gasteiger charge is 2.22. The maximum atomic E-state index is 12.2. The minimum atomic E-state index is -0.00617. The van der Waals surface area contributed by atoms with Crippen molar-refractivity contribution in [2.24, 2.45) is 0 Å². The smallest absolute Gasteiger partial charge is 0.225 e. The third-order valence-electron chi connectivity index (χ3n) is 3.57. The Bertz CT molecular complexity index is 410. The standard InChI is InChI=1S/C14H21N3O2.ClH/c1-11(12-3-5-15-6-4-12)17(2)14(18)9-13-10-16-7-8-19-13;/h3-6,11,13,16H,7-10H2,1-2H3;1H. The van der Waals surface area contributed by atoms with Gasteiger partial charge in [-0.1, -0.05) is 0 Å². The van der Waals surface area contributed by atoms with Crippen molar-refractivity contribution in [1.82, 2.24) is 15.2 Å². The van der Waals surface area contributed by atoms with Gasteiger partial charge in [0.1, 0.15) is 0 Å². The van der Waals surface area contributed by atoms with Crippen LogP contribution in [0.3, 0.4) is 0 Å². The lowest BCUT2D eigenvalue weighted by Gasteiger charge is -2.29. The van der Waals surface area contributed by atoms with Gasteiger partial charge >= 0.3 is 0 Å². The second kappa shape index (κ2) is 8.19. The molecule has 0 aromatic carbocycles. The Kier molecular flexibility index (Phi) is 6.91. The summed E-state index contributed by atoms with van der Waals surface area (Å²) in [6, 6.07) is 3.92. The van der Waals surface area contributed by atoms with E-state index in [1.165, 1.54) is 0 Å². The number of rotatable bonds is 4. The molecule has 1 aliphatic rings. The lowest BCUT2D eigenvalue weighted by atomic mass is 10.1. The van der Waals surface area contributed by atoms with Crippen LogP contribution >= 0.6 is 12.4 Å². The van der Waals surface area contributed by atoms with Crippen molar-refractivity contribution < 1.29 is 9.53 Å². The summed E-state index contributed by atoms with van der Waals surface area (Å²) in [5.41, 5.74) is 1.09. The van der Waals surface area contributed by atoms with Crippen LogP contribution in [0.25, 0.3) is 0 Å². The fraction of sp³-hybridized carbons (Fsp3) is 0.571. The van der Waals surface area contributed by atoms with E-state index in [0.29, 0.717) is 13.0 Å². The molecule has 1 amide bonds. The number of hydrogen-bond acceptors (Lipinski definition) is 4. The summed E-state index contributed by atoms with van der Waals surface area (Å²) in [6.07, 6.45) is 3.92. The zero-order valence-corrected chi connectivity index (χ0v) is 12.7. The third-order valence-corrected chi connectivity index (χ3v) is 3.57. The molecular formula is C14H22ClN3O2. The van der Waals surface area contributed by atoms with Gasteiger partial charge in [-0.05, 0) is 24.6 Å². The maximum absolute atomic E-state index is 12.2. The van der Waals surface area contributed by atoms with E-state index in [2.05, 4.69) is 10.3 Å². The average Bonchev–Trinajstić information content (AvgIpc) is 2.47. The van der Waals surface area contributed by atoms with Crippen molar-refractivity contribution in [1.29, 1.82) is 0 Å². The first-order chi connectivity index (χ1) is 9.18. The van der Waals surface area contributed by atoms with Gasteiger partial charge in [-0.25, -0.2) is 0 Å². The highest BCUT2D eigenvalue weighted by Crippen LogP contribution is 2.19. The van der Waals surface area contributed by atoms with Gasteiger partial charge in [-0.15, -0.1) is 12.4 Å². The van der Waals surface area contributed by atoms with Crippen LogP contribution in [0, 0.1) is 0 Å². The van der Waals surface area contributed by atoms with Crippen LogP contribution in [-0.2, 0) is 9.53 Å². The lowest BCUT2D eigenvalue weighted by molar-refractivity contribution is -0.135. The number of hydrogen-bond donors (Lipinski definition) is 1. The Labute approximate surface area is 126 Å². The largest absolute Gasteiger partial charge is 0.375 e. The number of carbonyl (C=O) groups is 1. The van der Waals surface area contributed by atoms with E-state index >= 15 is 0 Å². The second-order valence-corrected chi connectivity index (χ2v) is 4.86. The molecule has 2 heterocycles. The van der Waals surface area contributed by atoms with Crippen LogP contribution < -0.4 is 5.32 Å². The molecular weight excluding hydrogens is 278 g/mol. The van der Waals surface area contributed by atoms with Crippen molar-refractivity contribution in [2.75, 3.05) is 26.7 Å². The molecule has 0 spiro atoms. The van der Waals surface area contributed by atoms with Crippen LogP contribution in [-0.4, -0.2) is 48.6 Å². The first kappa shape index (κ1) is 16.9. The van der Waals surface area contributed by atoms with Crippen molar-refractivity contribution in [2.45, 2.75) is 25.5 Å². The van der Waals surface area contributed by atoms with Gasteiger partial charge in [0, 0.05) is 32.5 Å². The minimum absolute atomic E-state index is 0. The third kappa shape index (κ3) is 4.44. The summed E-state index contributed by atoms with van der Waals surface area (Å²) in [4.78, 5) is 18.0. The number of carbonyl (C=O) groups excluding carboxylic acids is 1. The van der Waals surface area contributed by atoms with Crippen molar-refractivity contribution in [3.05, 3.63) is 30.1 Å². The monoisotopic (exact) mass is 299 g/mol. The molecule has 0 bridgehead atoms. The first-order valence-electron chi connectivity index (χ1n) is 6.66. The molecule has 2 atom stereocenters. The van der Waals surface area contributed by atoms with Crippen molar-refractivity contribution in [3.8, 4) is 0 Å². The molecule has 1 aromatic rings. The number of amides is 1. The number of morpholine rings is 1. The van der Waals surface area contributed by atoms with Crippen molar-refractivity contribution >= 4 is 18.3 Å². The minimum Gasteiger partial charge on any atom is -0.375 e. The molecule has 1 aliphatic heterocycles. The van der Waals surface area contributed by atoms with Crippen molar-refractivity contribution in [3.63, 3.8) is 0 Å². The van der Waals surface area contributed by atoms with Gasteiger partial charge < -0.3 is 15.0 Å².